The van der Waals surface area contributed by atoms with Crippen LogP contribution in [0.4, 0.5) is 0 Å². The molecule has 0 fully saturated rings. The number of aromatic nitrogens is 1. The predicted octanol–water partition coefficient (Wildman–Crippen LogP) is 2.86. The maximum atomic E-state index is 12.1. The number of aryl methyl sites for hydroxylation is 2. The molecule has 0 aliphatic heterocycles. The fraction of sp³-hybridized carbons (Fsp3) is 0.231. The molecule has 0 spiro atoms. The highest BCUT2D eigenvalue weighted by Crippen LogP contribution is 2.28. The molecule has 80 valence electrons. The number of nitrogens with zero attached hydrogens (tertiary/aromatic N) is 1. The highest BCUT2D eigenvalue weighted by Gasteiger charge is 2.20. The van der Waals surface area contributed by atoms with Gasteiger partial charge >= 0.3 is 0 Å². The Morgan fingerprint density at radius 1 is 1.19 bits per heavy atom. The average molecular weight is 229 g/mol. The van der Waals surface area contributed by atoms with Gasteiger partial charge in [0, 0.05) is 10.4 Å². The maximum absolute atomic E-state index is 12.1. The molecule has 0 unspecified atom stereocenters. The first kappa shape index (κ1) is 9.73. The lowest BCUT2D eigenvalue weighted by molar-refractivity contribution is 0.103. The summed E-state index contributed by atoms with van der Waals surface area (Å²) in [5, 5.41) is 0.649. The highest BCUT2D eigenvalue weighted by atomic mass is 32.1. The number of carbonyl (C=O) groups excluding carboxylic acids is 1. The fourth-order valence-corrected chi connectivity index (χ4v) is 3.11. The molecule has 1 heterocycles. The van der Waals surface area contributed by atoms with Crippen molar-refractivity contribution in [2.45, 2.75) is 19.3 Å². The zero-order valence-corrected chi connectivity index (χ0v) is 9.59. The molecule has 0 saturated carbocycles. The summed E-state index contributed by atoms with van der Waals surface area (Å²) in [6, 6.07) is 9.37. The van der Waals surface area contributed by atoms with E-state index in [0.717, 1.165) is 24.1 Å². The molecule has 1 aromatic carbocycles. The van der Waals surface area contributed by atoms with Gasteiger partial charge in [0.25, 0.3) is 0 Å². The van der Waals surface area contributed by atoms with Crippen LogP contribution in [0.3, 0.4) is 0 Å². The lowest BCUT2D eigenvalue weighted by Crippen LogP contribution is -2.00. The van der Waals surface area contributed by atoms with E-state index >= 15 is 0 Å². The minimum Gasteiger partial charge on any atom is -0.286 e. The minimum absolute atomic E-state index is 0.0556. The molecular weight excluding hydrogens is 218 g/mol. The highest BCUT2D eigenvalue weighted by molar-refractivity contribution is 7.14. The van der Waals surface area contributed by atoms with Crippen molar-refractivity contribution in [1.29, 1.82) is 0 Å². The van der Waals surface area contributed by atoms with Crippen molar-refractivity contribution < 1.29 is 4.79 Å². The normalized spacial score (nSPS) is 13.8. The Morgan fingerprint density at radius 3 is 2.75 bits per heavy atom. The largest absolute Gasteiger partial charge is 0.286 e. The molecule has 16 heavy (non-hydrogen) atoms. The summed E-state index contributed by atoms with van der Waals surface area (Å²) in [6.07, 6.45) is 3.32. The molecule has 0 radical (unpaired) electrons. The smallest absolute Gasteiger partial charge is 0.221 e. The van der Waals surface area contributed by atoms with Crippen LogP contribution in [-0.4, -0.2) is 10.8 Å². The van der Waals surface area contributed by atoms with Crippen molar-refractivity contribution in [3.8, 4) is 0 Å². The first-order chi connectivity index (χ1) is 7.84. The second kappa shape index (κ2) is 3.83. The maximum Gasteiger partial charge on any atom is 0.221 e. The molecule has 3 rings (SSSR count). The van der Waals surface area contributed by atoms with E-state index < -0.39 is 0 Å². The van der Waals surface area contributed by atoms with Gasteiger partial charge in [-0.15, -0.1) is 11.3 Å². The molecule has 0 saturated heterocycles. The fourth-order valence-electron chi connectivity index (χ4n) is 2.00. The number of ketones is 1. The van der Waals surface area contributed by atoms with Crippen LogP contribution in [0.5, 0.6) is 0 Å². The first-order valence-corrected chi connectivity index (χ1v) is 6.24. The van der Waals surface area contributed by atoms with Gasteiger partial charge in [0.15, 0.2) is 5.01 Å². The monoisotopic (exact) mass is 229 g/mol. The second-order valence-electron chi connectivity index (χ2n) is 3.94. The van der Waals surface area contributed by atoms with E-state index in [1.807, 2.05) is 30.3 Å². The Balaban J connectivity index is 1.95. The molecule has 0 N–H and O–H groups in total. The summed E-state index contributed by atoms with van der Waals surface area (Å²) in [7, 11) is 0. The topological polar surface area (TPSA) is 30.0 Å². The van der Waals surface area contributed by atoms with Gasteiger partial charge in [-0.1, -0.05) is 30.3 Å². The lowest BCUT2D eigenvalue weighted by atomic mass is 10.1. The van der Waals surface area contributed by atoms with Crippen LogP contribution < -0.4 is 0 Å². The van der Waals surface area contributed by atoms with Crippen LogP contribution in [0.25, 0.3) is 0 Å². The zero-order valence-electron chi connectivity index (χ0n) is 8.77. The Kier molecular flexibility index (Phi) is 2.33. The van der Waals surface area contributed by atoms with E-state index in [-0.39, 0.29) is 5.78 Å². The molecule has 2 aromatic rings. The van der Waals surface area contributed by atoms with E-state index in [1.54, 1.807) is 11.3 Å². The number of fused-ring (bicyclic) bond motifs is 1. The zero-order chi connectivity index (χ0) is 11.0. The number of hydrogen-bond acceptors (Lipinski definition) is 3. The van der Waals surface area contributed by atoms with Gasteiger partial charge in [-0.25, -0.2) is 4.98 Å². The summed E-state index contributed by atoms with van der Waals surface area (Å²) in [6.45, 7) is 0. The van der Waals surface area contributed by atoms with Gasteiger partial charge in [-0.05, 0) is 19.3 Å². The minimum atomic E-state index is 0.0556. The van der Waals surface area contributed by atoms with E-state index in [4.69, 9.17) is 0 Å². The summed E-state index contributed by atoms with van der Waals surface area (Å²) in [5.74, 6) is 0.0556. The molecule has 2 nitrogen and oxygen atoms in total. The number of thiazole rings is 1. The molecule has 0 atom stereocenters. The van der Waals surface area contributed by atoms with E-state index in [0.29, 0.717) is 5.01 Å². The van der Waals surface area contributed by atoms with Gasteiger partial charge in [0.1, 0.15) is 0 Å². The van der Waals surface area contributed by atoms with Gasteiger partial charge in [-0.3, -0.25) is 4.79 Å². The number of benzene rings is 1. The Labute approximate surface area is 98.0 Å². The number of carbonyl (C=O) groups is 1. The van der Waals surface area contributed by atoms with Crippen molar-refractivity contribution in [3.05, 3.63) is 51.5 Å². The van der Waals surface area contributed by atoms with E-state index in [9.17, 15) is 4.79 Å². The van der Waals surface area contributed by atoms with Crippen LogP contribution in [0.2, 0.25) is 0 Å². The third-order valence-corrected chi connectivity index (χ3v) is 3.98. The van der Waals surface area contributed by atoms with Crippen LogP contribution in [0.1, 0.15) is 32.4 Å². The molecule has 0 amide bonds. The average Bonchev–Trinajstić information content (AvgIpc) is 2.89. The summed E-state index contributed by atoms with van der Waals surface area (Å²) in [5.41, 5.74) is 1.87. The van der Waals surface area contributed by atoms with Crippen molar-refractivity contribution in [3.63, 3.8) is 0 Å². The van der Waals surface area contributed by atoms with Crippen LogP contribution in [-0.2, 0) is 12.8 Å². The van der Waals surface area contributed by atoms with Crippen molar-refractivity contribution in [2.24, 2.45) is 0 Å². The van der Waals surface area contributed by atoms with Gasteiger partial charge in [0.2, 0.25) is 5.78 Å². The van der Waals surface area contributed by atoms with Crippen molar-refractivity contribution >= 4 is 17.1 Å². The Bertz CT molecular complexity index is 509. The summed E-state index contributed by atoms with van der Waals surface area (Å²) < 4.78 is 0. The SMILES string of the molecule is O=C(c1ccccc1)c1nc2c(s1)CCC2. The second-order valence-corrected chi connectivity index (χ2v) is 5.02. The molecule has 1 aliphatic carbocycles. The molecule has 3 heteroatoms. The molecule has 1 aliphatic rings. The molecule has 0 bridgehead atoms. The summed E-state index contributed by atoms with van der Waals surface area (Å²) >= 11 is 1.56. The standard InChI is InChI=1S/C13H11NOS/c15-12(9-5-2-1-3-6-9)13-14-10-7-4-8-11(10)16-13/h1-3,5-6H,4,7-8H2. The molecule has 1 aromatic heterocycles. The van der Waals surface area contributed by atoms with Crippen molar-refractivity contribution in [2.75, 3.05) is 0 Å². The summed E-state index contributed by atoms with van der Waals surface area (Å²) in [4.78, 5) is 17.8. The third kappa shape index (κ3) is 1.57. The van der Waals surface area contributed by atoms with Crippen LogP contribution in [0, 0.1) is 0 Å². The number of rotatable bonds is 2. The first-order valence-electron chi connectivity index (χ1n) is 5.43. The Morgan fingerprint density at radius 2 is 2.00 bits per heavy atom. The molecular formula is C13H11NOS. The quantitative estimate of drug-likeness (QED) is 0.741. The van der Waals surface area contributed by atoms with Gasteiger partial charge in [-0.2, -0.15) is 0 Å². The van der Waals surface area contributed by atoms with Gasteiger partial charge < -0.3 is 0 Å². The van der Waals surface area contributed by atoms with E-state index in [2.05, 4.69) is 4.98 Å². The number of hydrogen-bond donors (Lipinski definition) is 0. The van der Waals surface area contributed by atoms with Crippen molar-refractivity contribution in [1.82, 2.24) is 4.98 Å². The lowest BCUT2D eigenvalue weighted by Gasteiger charge is -1.95. The van der Waals surface area contributed by atoms with Crippen LogP contribution >= 0.6 is 11.3 Å². The van der Waals surface area contributed by atoms with Gasteiger partial charge in [0.05, 0.1) is 5.69 Å². The van der Waals surface area contributed by atoms with Crippen LogP contribution in [0.15, 0.2) is 30.3 Å². The third-order valence-electron chi connectivity index (χ3n) is 2.83. The van der Waals surface area contributed by atoms with E-state index in [1.165, 1.54) is 11.3 Å². The predicted molar refractivity (Wildman–Crippen MR) is 64.0 cm³/mol. The Hall–Kier alpha value is -1.48.